The van der Waals surface area contributed by atoms with E-state index in [0.717, 1.165) is 22.3 Å². The summed E-state index contributed by atoms with van der Waals surface area (Å²) in [6, 6.07) is 20.7. The third-order valence-corrected chi connectivity index (χ3v) is 15.4. The molecule has 0 aliphatic carbocycles. The van der Waals surface area contributed by atoms with E-state index in [1.54, 1.807) is 17.3 Å². The molecular formula is C45H64N4O6Si. The monoisotopic (exact) mass is 784 g/mol. The molecule has 3 amide bonds. The lowest BCUT2D eigenvalue weighted by molar-refractivity contribution is -0.141. The molecule has 0 radical (unpaired) electrons. The zero-order valence-electron chi connectivity index (χ0n) is 35.2. The Labute approximate surface area is 335 Å². The number of benzene rings is 2. The van der Waals surface area contributed by atoms with Gasteiger partial charge in [0.1, 0.15) is 17.4 Å². The van der Waals surface area contributed by atoms with Gasteiger partial charge < -0.3 is 24.7 Å². The molecule has 2 N–H and O–H groups in total. The Morgan fingerprint density at radius 1 is 0.804 bits per heavy atom. The van der Waals surface area contributed by atoms with Crippen molar-refractivity contribution >= 4 is 32.0 Å². The van der Waals surface area contributed by atoms with Crippen molar-refractivity contribution in [2.24, 2.45) is 11.8 Å². The molecule has 11 heteroatoms. The Kier molecular flexibility index (Phi) is 15.2. The fraction of sp³-hybridized carbons (Fsp3) is 0.533. The van der Waals surface area contributed by atoms with E-state index in [2.05, 4.69) is 49.5 Å². The molecule has 0 spiro atoms. The number of rotatable bonds is 15. The van der Waals surface area contributed by atoms with Crippen molar-refractivity contribution in [1.82, 2.24) is 20.5 Å². The van der Waals surface area contributed by atoms with E-state index >= 15 is 0 Å². The molecule has 1 aliphatic heterocycles. The van der Waals surface area contributed by atoms with Crippen molar-refractivity contribution < 1.29 is 28.3 Å². The number of carbonyl (C=O) groups excluding carboxylic acids is 4. The fourth-order valence-electron chi connectivity index (χ4n) is 6.64. The predicted molar refractivity (Wildman–Crippen MR) is 224 cm³/mol. The Balaban J connectivity index is 1.76. The first-order valence-electron chi connectivity index (χ1n) is 20.0. The maximum absolute atomic E-state index is 14.8. The zero-order valence-corrected chi connectivity index (χ0v) is 36.2. The standard InChI is InChI=1S/C45H64N4O6Si/c1-31(2)40(42(52)49-26-22-37(50)23-27-49)48-41(51)36(28-33-16-18-34(19-17-33)35-20-24-46-25-21-35)30-39(55-56(9,10)45(6,7)8)38(29-32-14-12-11-13-15-32)47-43(53)54-44(3,4)5/h11-21,24-25,31,36,38-40H,22-23,26-30H2,1-10H3,(H,47,53)(H,48,51)/t36-,38+,39+,40+/m1/s1. The van der Waals surface area contributed by atoms with Gasteiger partial charge in [-0.2, -0.15) is 0 Å². The Morgan fingerprint density at radius 2 is 1.38 bits per heavy atom. The minimum absolute atomic E-state index is 0.145. The summed E-state index contributed by atoms with van der Waals surface area (Å²) >= 11 is 0. The van der Waals surface area contributed by atoms with E-state index in [0.29, 0.717) is 38.8 Å². The lowest BCUT2D eigenvalue weighted by Gasteiger charge is -2.42. The molecule has 0 unspecified atom stereocenters. The number of amides is 3. The Hall–Kier alpha value is -4.35. The summed E-state index contributed by atoms with van der Waals surface area (Å²) in [4.78, 5) is 60.1. The highest BCUT2D eigenvalue weighted by atomic mass is 28.4. The van der Waals surface area contributed by atoms with Crippen LogP contribution in [0.25, 0.3) is 11.1 Å². The van der Waals surface area contributed by atoms with Gasteiger partial charge in [-0.1, -0.05) is 89.2 Å². The van der Waals surface area contributed by atoms with Gasteiger partial charge in [-0.15, -0.1) is 0 Å². The van der Waals surface area contributed by atoms with Crippen LogP contribution >= 0.6 is 0 Å². The van der Waals surface area contributed by atoms with Gasteiger partial charge >= 0.3 is 6.09 Å². The Bertz CT molecular complexity index is 1740. The van der Waals surface area contributed by atoms with Crippen molar-refractivity contribution in [2.75, 3.05) is 13.1 Å². The molecule has 4 rings (SSSR count). The summed E-state index contributed by atoms with van der Waals surface area (Å²) in [6.45, 7) is 20.9. The minimum atomic E-state index is -2.50. The second kappa shape index (κ2) is 19.2. The van der Waals surface area contributed by atoms with Gasteiger partial charge in [0.15, 0.2) is 8.32 Å². The molecule has 0 saturated carbocycles. The normalized spacial score (nSPS) is 16.1. The van der Waals surface area contributed by atoms with Crippen LogP contribution in [0.1, 0.15) is 85.8 Å². The molecule has 10 nitrogen and oxygen atoms in total. The van der Waals surface area contributed by atoms with Gasteiger partial charge in [-0.3, -0.25) is 19.4 Å². The van der Waals surface area contributed by atoms with Crippen molar-refractivity contribution in [3.63, 3.8) is 0 Å². The average Bonchev–Trinajstić information content (AvgIpc) is 3.12. The highest BCUT2D eigenvalue weighted by Gasteiger charge is 2.43. The van der Waals surface area contributed by atoms with Crippen LogP contribution in [0.5, 0.6) is 0 Å². The highest BCUT2D eigenvalue weighted by molar-refractivity contribution is 6.74. The quantitative estimate of drug-likeness (QED) is 0.149. The first kappa shape index (κ1) is 44.4. The summed E-state index contributed by atoms with van der Waals surface area (Å²) < 4.78 is 13.0. The van der Waals surface area contributed by atoms with Crippen LogP contribution < -0.4 is 10.6 Å². The number of piperidine rings is 1. The van der Waals surface area contributed by atoms with Crippen LogP contribution in [0.4, 0.5) is 4.79 Å². The number of alkyl carbamates (subject to hydrolysis) is 1. The number of hydrogen-bond donors (Lipinski definition) is 2. The minimum Gasteiger partial charge on any atom is -0.444 e. The van der Waals surface area contributed by atoms with Gasteiger partial charge in [-0.05, 0) is 98.5 Å². The van der Waals surface area contributed by atoms with E-state index in [4.69, 9.17) is 9.16 Å². The van der Waals surface area contributed by atoms with Crippen LogP contribution in [0.15, 0.2) is 79.1 Å². The summed E-state index contributed by atoms with van der Waals surface area (Å²) in [5, 5.41) is 6.16. The summed E-state index contributed by atoms with van der Waals surface area (Å²) in [5.74, 6) is -1.12. The van der Waals surface area contributed by atoms with Crippen molar-refractivity contribution in [2.45, 2.75) is 129 Å². The van der Waals surface area contributed by atoms with Crippen LogP contribution in [-0.4, -0.2) is 78.8 Å². The van der Waals surface area contributed by atoms with Gasteiger partial charge in [0.25, 0.3) is 0 Å². The Morgan fingerprint density at radius 3 is 1.93 bits per heavy atom. The van der Waals surface area contributed by atoms with Gasteiger partial charge in [0.05, 0.1) is 12.1 Å². The fourth-order valence-corrected chi connectivity index (χ4v) is 8.01. The SMILES string of the molecule is CC(C)[C@H](NC(=O)[C@H](Cc1ccc(-c2ccncc2)cc1)C[C@H](O[Si](C)(C)C(C)(C)C)[C@H](Cc1ccccc1)NC(=O)OC(C)(C)C)C(=O)N1CCC(=O)CC1. The number of likely N-dealkylation sites (tertiary alicyclic amines) is 1. The number of hydrogen-bond acceptors (Lipinski definition) is 7. The average molecular weight is 785 g/mol. The molecule has 3 aromatic rings. The molecule has 2 aromatic carbocycles. The van der Waals surface area contributed by atoms with Crippen LogP contribution in [0.3, 0.4) is 0 Å². The zero-order chi connectivity index (χ0) is 41.3. The van der Waals surface area contributed by atoms with Gasteiger partial charge in [0.2, 0.25) is 11.8 Å². The third kappa shape index (κ3) is 13.1. The molecule has 56 heavy (non-hydrogen) atoms. The van der Waals surface area contributed by atoms with E-state index < -0.39 is 44.1 Å². The first-order valence-corrected chi connectivity index (χ1v) is 22.9. The number of pyridine rings is 1. The summed E-state index contributed by atoms with van der Waals surface area (Å²) in [6.07, 6.45) is 4.13. The second-order valence-electron chi connectivity index (χ2n) is 18.0. The third-order valence-electron chi connectivity index (χ3n) is 10.9. The van der Waals surface area contributed by atoms with Gasteiger partial charge in [0, 0.05) is 44.2 Å². The number of nitrogens with one attached hydrogen (secondary N) is 2. The smallest absolute Gasteiger partial charge is 0.407 e. The molecular weight excluding hydrogens is 721 g/mol. The molecule has 2 heterocycles. The lowest BCUT2D eigenvalue weighted by Crippen LogP contribution is -2.56. The van der Waals surface area contributed by atoms with E-state index in [-0.39, 0.29) is 35.0 Å². The molecule has 0 bridgehead atoms. The molecule has 304 valence electrons. The number of Topliss-reactive ketones (excluding diaryl/α,β-unsaturated/α-hetero) is 1. The second-order valence-corrected chi connectivity index (χ2v) is 22.8. The largest absolute Gasteiger partial charge is 0.444 e. The number of aromatic nitrogens is 1. The molecule has 1 saturated heterocycles. The molecule has 1 aromatic heterocycles. The summed E-state index contributed by atoms with van der Waals surface area (Å²) in [7, 11) is -2.50. The number of ether oxygens (including phenoxy) is 1. The summed E-state index contributed by atoms with van der Waals surface area (Å²) in [5.41, 5.74) is 3.32. The predicted octanol–water partition coefficient (Wildman–Crippen LogP) is 8.16. The van der Waals surface area contributed by atoms with E-state index in [9.17, 15) is 19.2 Å². The number of carbonyl (C=O) groups is 4. The lowest BCUT2D eigenvalue weighted by atomic mass is 9.87. The van der Waals surface area contributed by atoms with Crippen molar-refractivity contribution in [3.05, 3.63) is 90.3 Å². The molecule has 1 fully saturated rings. The van der Waals surface area contributed by atoms with E-state index in [1.807, 2.05) is 101 Å². The van der Waals surface area contributed by atoms with Crippen molar-refractivity contribution in [3.8, 4) is 11.1 Å². The number of nitrogens with zero attached hydrogens (tertiary/aromatic N) is 2. The molecule has 1 aliphatic rings. The maximum Gasteiger partial charge on any atom is 0.407 e. The maximum atomic E-state index is 14.8. The number of ketones is 1. The van der Waals surface area contributed by atoms with E-state index in [1.165, 1.54) is 0 Å². The first-order chi connectivity index (χ1) is 26.2. The van der Waals surface area contributed by atoms with Gasteiger partial charge in [-0.25, -0.2) is 4.79 Å². The van der Waals surface area contributed by atoms with Crippen LogP contribution in [0.2, 0.25) is 18.1 Å². The highest BCUT2D eigenvalue weighted by Crippen LogP contribution is 2.39. The van der Waals surface area contributed by atoms with Crippen LogP contribution in [0, 0.1) is 11.8 Å². The van der Waals surface area contributed by atoms with Crippen LogP contribution in [-0.2, 0) is 36.4 Å². The van der Waals surface area contributed by atoms with Crippen molar-refractivity contribution in [1.29, 1.82) is 0 Å². The topological polar surface area (TPSA) is 127 Å². The molecule has 4 atom stereocenters.